The van der Waals surface area contributed by atoms with Gasteiger partial charge in [0.15, 0.2) is 0 Å². The van der Waals surface area contributed by atoms with Gasteiger partial charge in [0.25, 0.3) is 11.8 Å². The molecule has 15 heteroatoms. The molecule has 8 rings (SSSR count). The maximum atomic E-state index is 14.1. The van der Waals surface area contributed by atoms with Crippen LogP contribution in [0.1, 0.15) is 102 Å². The number of aromatic nitrogens is 1. The number of likely N-dealkylation sites (tertiary alicyclic amines) is 2. The molecule has 6 amide bonds. The first-order valence-electron chi connectivity index (χ1n) is 23.0. The Morgan fingerprint density at radius 2 is 1.09 bits per heavy atom. The van der Waals surface area contributed by atoms with Gasteiger partial charge in [-0.05, 0) is 133 Å². The van der Waals surface area contributed by atoms with Gasteiger partial charge in [0.1, 0.15) is 35.4 Å². The lowest BCUT2D eigenvalue weighted by Gasteiger charge is -2.30. The lowest BCUT2D eigenvalue weighted by atomic mass is 9.88. The van der Waals surface area contributed by atoms with Crippen molar-refractivity contribution >= 4 is 58.1 Å². The zero-order valence-electron chi connectivity index (χ0n) is 38.9. The summed E-state index contributed by atoms with van der Waals surface area (Å²) in [5.41, 5.74) is 5.91. The van der Waals surface area contributed by atoms with Crippen LogP contribution in [0.2, 0.25) is 0 Å². The highest BCUT2D eigenvalue weighted by Gasteiger charge is 2.41. The number of aryl methyl sites for hydroxylation is 2. The molecule has 0 unspecified atom stereocenters. The summed E-state index contributed by atoms with van der Waals surface area (Å²) in [4.78, 5) is 88.5. The van der Waals surface area contributed by atoms with Crippen LogP contribution in [-0.2, 0) is 41.5 Å². The van der Waals surface area contributed by atoms with Crippen LogP contribution in [0.4, 0.5) is 21.0 Å². The Balaban J connectivity index is 0.944. The number of nitrogens with zero attached hydrogens (tertiary/aromatic N) is 2. The summed E-state index contributed by atoms with van der Waals surface area (Å²) in [7, 11) is 0. The van der Waals surface area contributed by atoms with E-state index in [1.54, 1.807) is 99.9 Å². The van der Waals surface area contributed by atoms with Crippen molar-refractivity contribution in [3.8, 4) is 11.3 Å². The van der Waals surface area contributed by atoms with Crippen LogP contribution < -0.4 is 21.3 Å². The number of benzene rings is 4. The van der Waals surface area contributed by atoms with Gasteiger partial charge >= 0.3 is 12.2 Å². The fraction of sp³-hybridized carbons (Fsp3) is 0.385. The summed E-state index contributed by atoms with van der Waals surface area (Å²) in [6, 6.07) is 25.9. The van der Waals surface area contributed by atoms with Crippen molar-refractivity contribution in [3.63, 3.8) is 0 Å². The quantitative estimate of drug-likeness (QED) is 0.0924. The molecule has 4 atom stereocenters. The predicted molar refractivity (Wildman–Crippen MR) is 255 cm³/mol. The van der Waals surface area contributed by atoms with Gasteiger partial charge in [-0.3, -0.25) is 19.2 Å². The number of carbonyl (C=O) groups is 6. The number of alkyl carbamates (subject to hydrolysis) is 2. The minimum absolute atomic E-state index is 0.301. The van der Waals surface area contributed by atoms with E-state index in [0.717, 1.165) is 33.3 Å². The van der Waals surface area contributed by atoms with E-state index in [9.17, 15) is 28.8 Å². The Kier molecular flexibility index (Phi) is 13.1. The van der Waals surface area contributed by atoms with E-state index in [1.165, 1.54) is 0 Å². The Morgan fingerprint density at radius 1 is 0.612 bits per heavy atom. The molecule has 0 radical (unpaired) electrons. The van der Waals surface area contributed by atoms with E-state index in [0.29, 0.717) is 74.1 Å². The van der Waals surface area contributed by atoms with Gasteiger partial charge < -0.3 is 45.5 Å². The van der Waals surface area contributed by atoms with Crippen LogP contribution in [0, 0.1) is 0 Å². The normalized spacial score (nSPS) is 17.7. The molecule has 67 heavy (non-hydrogen) atoms. The van der Waals surface area contributed by atoms with Gasteiger partial charge in [0.05, 0.1) is 0 Å². The van der Waals surface area contributed by atoms with E-state index >= 15 is 0 Å². The highest BCUT2D eigenvalue weighted by molar-refractivity contribution is 6.02. The van der Waals surface area contributed by atoms with Gasteiger partial charge in [-0.15, -0.1) is 0 Å². The average Bonchev–Trinajstić information content (AvgIpc) is 4.06. The predicted octanol–water partition coefficient (Wildman–Crippen LogP) is 8.32. The van der Waals surface area contributed by atoms with Crippen LogP contribution in [0.15, 0.2) is 97.1 Å². The molecule has 350 valence electrons. The van der Waals surface area contributed by atoms with E-state index in [2.05, 4.69) is 26.3 Å². The second-order valence-corrected chi connectivity index (χ2v) is 19.4. The SMILES string of the molecule is CC(C)(C)OC(=O)N[C@@H](C(=O)N1CCC[C@H]1C(=O)Nc1ccc2c(c1)CCc1c-2[nH]c2ccc(NC(=O)[C@@H]3CCCN3C(=O)[C@H](NC(=O)OC(C)(C)C)c3ccccc3)cc12)c1ccccc1. The topological polar surface area (TPSA) is 191 Å². The summed E-state index contributed by atoms with van der Waals surface area (Å²) in [6.45, 7) is 11.3. The molecule has 4 aromatic carbocycles. The monoisotopic (exact) mass is 909 g/mol. The Bertz CT molecular complexity index is 2690. The van der Waals surface area contributed by atoms with E-state index in [1.807, 2.05) is 48.5 Å². The third-order valence-corrected chi connectivity index (χ3v) is 12.2. The van der Waals surface area contributed by atoms with Crippen molar-refractivity contribution in [3.05, 3.63) is 119 Å². The summed E-state index contributed by atoms with van der Waals surface area (Å²) in [5.74, 6) is -1.38. The van der Waals surface area contributed by atoms with E-state index in [-0.39, 0.29) is 23.6 Å². The number of fused-ring (bicyclic) bond motifs is 5. The average molecular weight is 910 g/mol. The summed E-state index contributed by atoms with van der Waals surface area (Å²) < 4.78 is 11.0. The molecule has 0 saturated carbocycles. The highest BCUT2D eigenvalue weighted by atomic mass is 16.6. The fourth-order valence-electron chi connectivity index (χ4n) is 9.30. The number of carbonyl (C=O) groups excluding carboxylic acids is 6. The first-order valence-corrected chi connectivity index (χ1v) is 23.0. The molecule has 1 aromatic heterocycles. The number of aromatic amines is 1. The third-order valence-electron chi connectivity index (χ3n) is 12.2. The number of amides is 6. The number of hydrogen-bond acceptors (Lipinski definition) is 8. The van der Waals surface area contributed by atoms with Crippen molar-refractivity contribution in [2.24, 2.45) is 0 Å². The van der Waals surface area contributed by atoms with Crippen molar-refractivity contribution < 1.29 is 38.2 Å². The zero-order valence-corrected chi connectivity index (χ0v) is 38.9. The van der Waals surface area contributed by atoms with Gasteiger partial charge in [-0.25, -0.2) is 9.59 Å². The number of H-pyrrole nitrogens is 1. The molecule has 2 saturated heterocycles. The molecule has 5 N–H and O–H groups in total. The number of hydrogen-bond donors (Lipinski definition) is 5. The van der Waals surface area contributed by atoms with Crippen LogP contribution in [0.3, 0.4) is 0 Å². The maximum absolute atomic E-state index is 14.1. The van der Waals surface area contributed by atoms with Crippen LogP contribution in [-0.4, -0.2) is 87.0 Å². The Morgan fingerprint density at radius 3 is 1.58 bits per heavy atom. The molecule has 1 aliphatic carbocycles. The van der Waals surface area contributed by atoms with Gasteiger partial charge in [-0.1, -0.05) is 66.7 Å². The second-order valence-electron chi connectivity index (χ2n) is 19.4. The molecule has 3 aliphatic rings. The minimum Gasteiger partial charge on any atom is -0.444 e. The lowest BCUT2D eigenvalue weighted by Crippen LogP contribution is -2.49. The molecular weight excluding hydrogens is 851 g/mol. The second kappa shape index (κ2) is 19.0. The Hall–Kier alpha value is -7.16. The molecule has 3 heterocycles. The smallest absolute Gasteiger partial charge is 0.408 e. The first kappa shape index (κ1) is 46.4. The number of anilines is 2. The van der Waals surface area contributed by atoms with Gasteiger partial charge in [0.2, 0.25) is 11.8 Å². The Labute approximate surface area is 390 Å². The van der Waals surface area contributed by atoms with Crippen LogP contribution in [0.25, 0.3) is 22.2 Å². The molecule has 2 aliphatic heterocycles. The molecule has 15 nitrogen and oxygen atoms in total. The lowest BCUT2D eigenvalue weighted by molar-refractivity contribution is -0.138. The molecule has 0 bridgehead atoms. The number of nitrogens with one attached hydrogen (secondary N) is 5. The molecule has 0 spiro atoms. The van der Waals surface area contributed by atoms with E-state index in [4.69, 9.17) is 9.47 Å². The van der Waals surface area contributed by atoms with Crippen molar-refractivity contribution in [1.82, 2.24) is 25.4 Å². The molecule has 5 aromatic rings. The molecule has 2 fully saturated rings. The zero-order chi connectivity index (χ0) is 47.6. The van der Waals surface area contributed by atoms with Crippen LogP contribution >= 0.6 is 0 Å². The highest BCUT2D eigenvalue weighted by Crippen LogP contribution is 2.40. The molecular formula is C52H59N7O8. The number of rotatable bonds is 10. The van der Waals surface area contributed by atoms with Gasteiger partial charge in [0, 0.05) is 46.6 Å². The summed E-state index contributed by atoms with van der Waals surface area (Å²) >= 11 is 0. The van der Waals surface area contributed by atoms with Crippen LogP contribution in [0.5, 0.6) is 0 Å². The number of ether oxygens (including phenoxy) is 2. The minimum atomic E-state index is -1.04. The maximum Gasteiger partial charge on any atom is 0.408 e. The fourth-order valence-corrected chi connectivity index (χ4v) is 9.30. The van der Waals surface area contributed by atoms with Gasteiger partial charge in [-0.2, -0.15) is 0 Å². The standard InChI is InChI=1S/C52H59N7O8/c1-51(2,3)66-49(64)56-42(31-15-9-7-10-16-31)47(62)58-27-13-19-40(58)45(60)53-34-22-25-36-33(29-34)21-24-37-38-30-35(23-26-39(38)55-44(36)37)54-46(61)41-20-14-28-59(41)48(63)43(32-17-11-8-12-18-32)57-50(65)67-52(4,5)6/h7-12,15-18,22-23,25-26,29-30,40-43,55H,13-14,19-21,24,27-28H2,1-6H3,(H,53,60)(H,54,61)(H,56,64)(H,57,65)/t40-,41-,42+,43+/m0/s1. The summed E-state index contributed by atoms with van der Waals surface area (Å²) in [5, 5.41) is 12.6. The van der Waals surface area contributed by atoms with Crippen molar-refractivity contribution in [2.75, 3.05) is 23.7 Å². The van der Waals surface area contributed by atoms with Crippen molar-refractivity contribution in [2.45, 2.75) is 115 Å². The summed E-state index contributed by atoms with van der Waals surface area (Å²) in [6.07, 6.45) is 2.21. The largest absolute Gasteiger partial charge is 0.444 e. The third kappa shape index (κ3) is 10.6. The first-order chi connectivity index (χ1) is 31.9. The van der Waals surface area contributed by atoms with E-state index < -0.39 is 47.6 Å². The van der Waals surface area contributed by atoms with Crippen molar-refractivity contribution in [1.29, 1.82) is 0 Å².